The third kappa shape index (κ3) is 5.09. The molecule has 3 rings (SSSR count). The molecule has 1 saturated heterocycles. The van der Waals surface area contributed by atoms with Crippen molar-refractivity contribution in [3.05, 3.63) is 34.5 Å². The fourth-order valence-electron chi connectivity index (χ4n) is 3.96. The van der Waals surface area contributed by atoms with Gasteiger partial charge in [0, 0.05) is 24.9 Å². The van der Waals surface area contributed by atoms with Crippen molar-refractivity contribution in [1.29, 1.82) is 0 Å². The van der Waals surface area contributed by atoms with Crippen molar-refractivity contribution in [3.8, 4) is 5.75 Å². The maximum atomic E-state index is 13.4. The van der Waals surface area contributed by atoms with E-state index in [-0.39, 0.29) is 43.2 Å². The topological polar surface area (TPSA) is 151 Å². The summed E-state index contributed by atoms with van der Waals surface area (Å²) in [4.78, 5) is 48.6. The zero-order valence-corrected chi connectivity index (χ0v) is 17.4. The Labute approximate surface area is 180 Å². The summed E-state index contributed by atoms with van der Waals surface area (Å²) >= 11 is 0. The number of hydroxylamine groups is 3. The fraction of sp³-hybridized carbons (Fsp3) is 0.524. The number of carbonyl (C=O) groups is 4. The molecule has 10 heteroatoms. The Morgan fingerprint density at radius 1 is 1.23 bits per heavy atom. The summed E-state index contributed by atoms with van der Waals surface area (Å²) in [6, 6.07) is 3.60. The molecule has 168 valence electrons. The summed E-state index contributed by atoms with van der Waals surface area (Å²) in [5.74, 6) is -2.16. The van der Waals surface area contributed by atoms with E-state index >= 15 is 0 Å². The molecule has 10 nitrogen and oxygen atoms in total. The molecule has 0 aromatic heterocycles. The average molecular weight is 432 g/mol. The highest BCUT2D eigenvalue weighted by Crippen LogP contribution is 2.38. The van der Waals surface area contributed by atoms with Crippen molar-refractivity contribution >= 4 is 23.6 Å². The lowest BCUT2D eigenvalue weighted by Crippen LogP contribution is -2.60. The summed E-state index contributed by atoms with van der Waals surface area (Å²) in [6.07, 6.45) is 3.82. The minimum Gasteiger partial charge on any atom is -0.624 e. The van der Waals surface area contributed by atoms with Crippen LogP contribution in [0.5, 0.6) is 5.75 Å². The molecule has 0 aliphatic carbocycles. The highest BCUT2D eigenvalue weighted by molar-refractivity contribution is 6.02. The Morgan fingerprint density at radius 2 is 2.00 bits per heavy atom. The lowest BCUT2D eigenvalue weighted by molar-refractivity contribution is -0.825. The van der Waals surface area contributed by atoms with Crippen LogP contribution in [0.15, 0.2) is 18.2 Å². The third-order valence-electron chi connectivity index (χ3n) is 5.60. The number of hydrogen-bond acceptors (Lipinski definition) is 7. The number of amides is 4. The van der Waals surface area contributed by atoms with Gasteiger partial charge >= 0.3 is 5.91 Å². The number of carbonyl (C=O) groups excluding carboxylic acids is 4. The number of imide groups is 1. The minimum absolute atomic E-state index is 0.0117. The Kier molecular flexibility index (Phi) is 7.37. The predicted octanol–water partition coefficient (Wildman–Crippen LogP) is 0.474. The van der Waals surface area contributed by atoms with Crippen molar-refractivity contribution in [2.45, 2.75) is 51.1 Å². The number of nitrogens with zero attached hydrogens (tertiary/aromatic N) is 1. The average Bonchev–Trinajstić information content (AvgIpc) is 3.00. The number of unbranched alkanes of at least 4 members (excludes halogenated alkanes) is 3. The summed E-state index contributed by atoms with van der Waals surface area (Å²) in [6.45, 7) is 0.679. The molecule has 1 aromatic carbocycles. The van der Waals surface area contributed by atoms with Crippen LogP contribution in [0.2, 0.25) is 0 Å². The van der Waals surface area contributed by atoms with Gasteiger partial charge in [0.2, 0.25) is 5.91 Å². The Balaban J connectivity index is 1.60. The van der Waals surface area contributed by atoms with Crippen molar-refractivity contribution in [3.63, 3.8) is 0 Å². The van der Waals surface area contributed by atoms with Crippen LogP contribution in [0.3, 0.4) is 0 Å². The predicted molar refractivity (Wildman–Crippen MR) is 110 cm³/mol. The van der Waals surface area contributed by atoms with Gasteiger partial charge in [0.05, 0.1) is 0 Å². The van der Waals surface area contributed by atoms with Crippen molar-refractivity contribution in [2.75, 3.05) is 19.7 Å². The second-order valence-corrected chi connectivity index (χ2v) is 7.86. The number of ether oxygens (including phenoxy) is 1. The van der Waals surface area contributed by atoms with Gasteiger partial charge < -0.3 is 21.0 Å². The molecule has 2 atom stereocenters. The normalized spacial score (nSPS) is 22.8. The minimum atomic E-state index is -1.39. The summed E-state index contributed by atoms with van der Waals surface area (Å²) in [5.41, 5.74) is 6.00. The molecule has 0 radical (unpaired) electrons. The highest BCUT2D eigenvalue weighted by atomic mass is 16.6. The van der Waals surface area contributed by atoms with E-state index in [4.69, 9.17) is 10.5 Å². The molecule has 4 N–H and O–H groups in total. The fourth-order valence-corrected chi connectivity index (χ4v) is 3.96. The molecule has 2 aliphatic rings. The molecule has 0 saturated carbocycles. The second-order valence-electron chi connectivity index (χ2n) is 7.86. The maximum Gasteiger partial charge on any atom is 0.351 e. The molecular weight excluding hydrogens is 404 g/mol. The number of quaternary nitrogens is 1. The Morgan fingerprint density at radius 3 is 2.74 bits per heavy atom. The molecule has 2 aliphatic heterocycles. The first kappa shape index (κ1) is 22.9. The molecule has 1 aromatic rings. The van der Waals surface area contributed by atoms with E-state index in [1.807, 2.05) is 0 Å². The second kappa shape index (κ2) is 9.99. The van der Waals surface area contributed by atoms with E-state index in [1.54, 1.807) is 12.1 Å². The van der Waals surface area contributed by atoms with Crippen LogP contribution in [0, 0.1) is 5.21 Å². The number of benzene rings is 1. The van der Waals surface area contributed by atoms with Crippen molar-refractivity contribution in [1.82, 2.24) is 10.6 Å². The number of nitrogens with one attached hydrogen (secondary N) is 2. The number of hydrogen-bond donors (Lipinski definition) is 3. The summed E-state index contributed by atoms with van der Waals surface area (Å²) < 4.78 is 4.16. The Bertz CT molecular complexity index is 873. The van der Waals surface area contributed by atoms with Gasteiger partial charge in [-0.05, 0) is 25.5 Å². The first-order chi connectivity index (χ1) is 14.9. The van der Waals surface area contributed by atoms with Crippen LogP contribution in [-0.4, -0.2) is 54.0 Å². The molecule has 2 heterocycles. The number of fused-ring (bicyclic) bond motifs is 1. The lowest BCUT2D eigenvalue weighted by Gasteiger charge is -2.42. The van der Waals surface area contributed by atoms with Gasteiger partial charge in [0.25, 0.3) is 11.8 Å². The zero-order valence-electron chi connectivity index (χ0n) is 17.4. The molecular formula is C21H28N4O6. The largest absolute Gasteiger partial charge is 0.624 e. The smallest absolute Gasteiger partial charge is 0.351 e. The van der Waals surface area contributed by atoms with Crippen molar-refractivity contribution in [2.24, 2.45) is 5.73 Å². The van der Waals surface area contributed by atoms with E-state index in [2.05, 4.69) is 10.6 Å². The van der Waals surface area contributed by atoms with Crippen molar-refractivity contribution < 1.29 is 28.6 Å². The summed E-state index contributed by atoms with van der Waals surface area (Å²) in [7, 11) is 0. The molecule has 4 amide bonds. The molecule has 31 heavy (non-hydrogen) atoms. The van der Waals surface area contributed by atoms with Gasteiger partial charge in [-0.15, -0.1) is 0 Å². The highest BCUT2D eigenvalue weighted by Gasteiger charge is 2.50. The van der Waals surface area contributed by atoms with Crippen LogP contribution >= 0.6 is 0 Å². The van der Waals surface area contributed by atoms with Crippen LogP contribution in [0.4, 0.5) is 0 Å². The quantitative estimate of drug-likeness (QED) is 0.210. The van der Waals surface area contributed by atoms with E-state index < -0.39 is 28.4 Å². The number of piperidine rings is 1. The maximum absolute atomic E-state index is 13.4. The number of rotatable bonds is 10. The van der Waals surface area contributed by atoms with Crippen LogP contribution < -0.4 is 21.1 Å². The van der Waals surface area contributed by atoms with E-state index in [0.29, 0.717) is 18.7 Å². The van der Waals surface area contributed by atoms with Gasteiger partial charge in [0.15, 0.2) is 12.6 Å². The van der Waals surface area contributed by atoms with E-state index in [0.717, 1.165) is 25.7 Å². The molecule has 2 unspecified atom stereocenters. The molecule has 0 spiro atoms. The molecule has 1 fully saturated rings. The lowest BCUT2D eigenvalue weighted by atomic mass is 10.0. The van der Waals surface area contributed by atoms with Gasteiger partial charge in [-0.2, -0.15) is 0 Å². The first-order valence-corrected chi connectivity index (χ1v) is 10.6. The van der Waals surface area contributed by atoms with Gasteiger partial charge in [-0.3, -0.25) is 24.3 Å². The van der Waals surface area contributed by atoms with Gasteiger partial charge in [-0.1, -0.05) is 25.0 Å². The monoisotopic (exact) mass is 432 g/mol. The Hall–Kier alpha value is -2.82. The van der Waals surface area contributed by atoms with Crippen LogP contribution in [-0.2, 0) is 20.9 Å². The SMILES string of the molecule is NCCCCCCNC(=O)COc1cccc2c1C(=O)[N+]([O-])(C1CCC(=O)NC1=O)C2. The number of nitrogens with two attached hydrogens (primary N) is 1. The van der Waals surface area contributed by atoms with Gasteiger partial charge in [-0.25, -0.2) is 4.79 Å². The standard InChI is InChI=1S/C21H28N4O6/c22-10-3-1-2-4-11-23-18(27)13-31-16-7-5-6-14-12-25(30,21(29)19(14)16)15-8-9-17(26)24-20(15)28/h5-7,15H,1-4,8-13,22H2,(H,23,27)(H,24,26,28). The first-order valence-electron chi connectivity index (χ1n) is 10.6. The molecule has 0 bridgehead atoms. The van der Waals surface area contributed by atoms with E-state index in [1.165, 1.54) is 6.07 Å². The van der Waals surface area contributed by atoms with Crippen LogP contribution in [0.25, 0.3) is 0 Å². The van der Waals surface area contributed by atoms with Crippen LogP contribution in [0.1, 0.15) is 54.4 Å². The zero-order chi connectivity index (χ0) is 22.4. The third-order valence-corrected chi connectivity index (χ3v) is 5.60. The summed E-state index contributed by atoms with van der Waals surface area (Å²) in [5, 5.41) is 18.3. The van der Waals surface area contributed by atoms with E-state index in [9.17, 15) is 24.4 Å². The van der Waals surface area contributed by atoms with Gasteiger partial charge in [0.1, 0.15) is 17.9 Å².